The SMILES string of the molecule is CCNC(=NCCCn1nc2n(c1=O)CCCC2)NC1CCN(c2c(F)cccc2F)C1. The first-order chi connectivity index (χ1) is 15.6. The van der Waals surface area contributed by atoms with Gasteiger partial charge in [-0.15, -0.1) is 0 Å². The highest BCUT2D eigenvalue weighted by molar-refractivity contribution is 5.80. The molecule has 1 unspecified atom stereocenters. The van der Waals surface area contributed by atoms with Gasteiger partial charge in [-0.25, -0.2) is 18.3 Å². The fourth-order valence-corrected chi connectivity index (χ4v) is 4.39. The van der Waals surface area contributed by atoms with Gasteiger partial charge in [0, 0.05) is 51.7 Å². The van der Waals surface area contributed by atoms with Crippen LogP contribution in [0.2, 0.25) is 0 Å². The van der Waals surface area contributed by atoms with E-state index in [0.717, 1.165) is 38.1 Å². The van der Waals surface area contributed by atoms with Crippen LogP contribution in [-0.2, 0) is 19.5 Å². The molecule has 2 aliphatic heterocycles. The largest absolute Gasteiger partial charge is 0.365 e. The van der Waals surface area contributed by atoms with E-state index in [1.54, 1.807) is 14.1 Å². The van der Waals surface area contributed by atoms with Crippen molar-refractivity contribution in [2.45, 2.75) is 58.2 Å². The fraction of sp³-hybridized carbons (Fsp3) is 0.591. The van der Waals surface area contributed by atoms with Crippen molar-refractivity contribution in [3.8, 4) is 0 Å². The molecule has 0 spiro atoms. The summed E-state index contributed by atoms with van der Waals surface area (Å²) in [6, 6.07) is 3.98. The van der Waals surface area contributed by atoms with Crippen LogP contribution in [-0.4, -0.2) is 52.5 Å². The molecule has 4 rings (SSSR count). The van der Waals surface area contributed by atoms with Gasteiger partial charge >= 0.3 is 5.69 Å². The quantitative estimate of drug-likeness (QED) is 0.385. The first-order valence-electron chi connectivity index (χ1n) is 11.5. The lowest BCUT2D eigenvalue weighted by Crippen LogP contribution is -2.44. The zero-order chi connectivity index (χ0) is 22.5. The van der Waals surface area contributed by atoms with Crippen LogP contribution < -0.4 is 21.2 Å². The normalized spacial score (nSPS) is 18.7. The van der Waals surface area contributed by atoms with Crippen LogP contribution in [0.3, 0.4) is 0 Å². The molecule has 1 saturated heterocycles. The van der Waals surface area contributed by atoms with Gasteiger partial charge in [0.05, 0.1) is 0 Å². The number of aromatic nitrogens is 3. The van der Waals surface area contributed by atoms with Crippen molar-refractivity contribution in [1.29, 1.82) is 0 Å². The number of fused-ring (bicyclic) bond motifs is 1. The number of aryl methyl sites for hydroxylation is 2. The Bertz CT molecular complexity index is 996. The highest BCUT2D eigenvalue weighted by atomic mass is 19.1. The van der Waals surface area contributed by atoms with Crippen molar-refractivity contribution in [1.82, 2.24) is 25.0 Å². The summed E-state index contributed by atoms with van der Waals surface area (Å²) in [5.74, 6) is 0.478. The van der Waals surface area contributed by atoms with Gasteiger partial charge in [0.15, 0.2) is 5.96 Å². The third-order valence-electron chi connectivity index (χ3n) is 5.96. The third kappa shape index (κ3) is 4.94. The van der Waals surface area contributed by atoms with Gasteiger partial charge in [-0.2, -0.15) is 5.10 Å². The molecule has 0 saturated carbocycles. The number of hydrogen-bond donors (Lipinski definition) is 2. The lowest BCUT2D eigenvalue weighted by molar-refractivity contribution is 0.509. The van der Waals surface area contributed by atoms with Crippen LogP contribution in [0.5, 0.6) is 0 Å². The van der Waals surface area contributed by atoms with Crippen molar-refractivity contribution in [3.05, 3.63) is 46.1 Å². The Morgan fingerprint density at radius 3 is 2.81 bits per heavy atom. The number of hydrogen-bond acceptors (Lipinski definition) is 4. The van der Waals surface area contributed by atoms with Gasteiger partial charge in [0.1, 0.15) is 23.1 Å². The number of aliphatic imine (C=N–C) groups is 1. The number of nitrogens with zero attached hydrogens (tertiary/aromatic N) is 5. The number of anilines is 1. The second-order valence-corrected chi connectivity index (χ2v) is 8.29. The Morgan fingerprint density at radius 2 is 2.06 bits per heavy atom. The summed E-state index contributed by atoms with van der Waals surface area (Å²) in [4.78, 5) is 18.8. The molecule has 0 bridgehead atoms. The minimum absolute atomic E-state index is 0.0277. The average molecular weight is 448 g/mol. The van der Waals surface area contributed by atoms with E-state index in [-0.39, 0.29) is 17.4 Å². The standard InChI is InChI=1S/C22H31F2N7O/c1-2-25-21(26-11-6-13-31-22(32)30-12-4-3-9-19(30)28-31)27-16-10-14-29(15-16)20-17(23)7-5-8-18(20)24/h5,7-8,16H,2-4,6,9-15H2,1H3,(H2,25,26,27). The number of rotatable bonds is 7. The van der Waals surface area contributed by atoms with Crippen molar-refractivity contribution >= 4 is 11.6 Å². The van der Waals surface area contributed by atoms with Crippen LogP contribution in [0.1, 0.15) is 38.4 Å². The predicted octanol–water partition coefficient (Wildman–Crippen LogP) is 1.88. The molecule has 2 aromatic rings. The van der Waals surface area contributed by atoms with Crippen LogP contribution in [0.15, 0.2) is 28.0 Å². The molecule has 0 aliphatic carbocycles. The highest BCUT2D eigenvalue weighted by Crippen LogP contribution is 2.26. The molecule has 32 heavy (non-hydrogen) atoms. The predicted molar refractivity (Wildman–Crippen MR) is 120 cm³/mol. The second kappa shape index (κ2) is 10.1. The van der Waals surface area contributed by atoms with Gasteiger partial charge in [-0.3, -0.25) is 9.56 Å². The van der Waals surface area contributed by atoms with Crippen LogP contribution in [0, 0.1) is 11.6 Å². The smallest absolute Gasteiger partial charge is 0.345 e. The number of para-hydroxylation sites is 1. The molecule has 2 N–H and O–H groups in total. The highest BCUT2D eigenvalue weighted by Gasteiger charge is 2.27. The van der Waals surface area contributed by atoms with Crippen LogP contribution in [0.25, 0.3) is 0 Å². The van der Waals surface area contributed by atoms with Gasteiger partial charge in [0.25, 0.3) is 0 Å². The van der Waals surface area contributed by atoms with E-state index in [0.29, 0.717) is 45.1 Å². The summed E-state index contributed by atoms with van der Waals surface area (Å²) < 4.78 is 31.5. The van der Waals surface area contributed by atoms with Crippen LogP contribution in [0.4, 0.5) is 14.5 Å². The van der Waals surface area contributed by atoms with Crippen molar-refractivity contribution in [2.75, 3.05) is 31.1 Å². The Kier molecular flexibility index (Phi) is 7.06. The van der Waals surface area contributed by atoms with E-state index in [4.69, 9.17) is 0 Å². The monoisotopic (exact) mass is 447 g/mol. The first-order valence-corrected chi connectivity index (χ1v) is 11.5. The van der Waals surface area contributed by atoms with E-state index in [1.165, 1.54) is 18.2 Å². The van der Waals surface area contributed by atoms with E-state index >= 15 is 0 Å². The number of guanidine groups is 1. The second-order valence-electron chi connectivity index (χ2n) is 8.29. The molecule has 0 radical (unpaired) electrons. The lowest BCUT2D eigenvalue weighted by atomic mass is 10.2. The molecular weight excluding hydrogens is 416 g/mol. The summed E-state index contributed by atoms with van der Waals surface area (Å²) >= 11 is 0. The fourth-order valence-electron chi connectivity index (χ4n) is 4.39. The molecule has 1 aromatic heterocycles. The van der Waals surface area contributed by atoms with Crippen molar-refractivity contribution < 1.29 is 8.78 Å². The Balaban J connectivity index is 1.31. The Labute approximate surface area is 186 Å². The van der Waals surface area contributed by atoms with E-state index in [9.17, 15) is 13.6 Å². The average Bonchev–Trinajstić information content (AvgIpc) is 3.36. The van der Waals surface area contributed by atoms with E-state index in [2.05, 4.69) is 20.7 Å². The molecule has 1 atom stereocenters. The van der Waals surface area contributed by atoms with E-state index in [1.807, 2.05) is 6.92 Å². The molecule has 8 nitrogen and oxygen atoms in total. The molecular formula is C22H31F2N7O. The zero-order valence-electron chi connectivity index (χ0n) is 18.5. The third-order valence-corrected chi connectivity index (χ3v) is 5.96. The summed E-state index contributed by atoms with van der Waals surface area (Å²) in [5.41, 5.74) is 0.00656. The molecule has 1 fully saturated rings. The number of halogens is 2. The summed E-state index contributed by atoms with van der Waals surface area (Å²) in [6.45, 7) is 5.60. The maximum Gasteiger partial charge on any atom is 0.345 e. The molecule has 174 valence electrons. The first kappa shape index (κ1) is 22.3. The summed E-state index contributed by atoms with van der Waals surface area (Å²) in [5, 5.41) is 11.0. The molecule has 10 heteroatoms. The van der Waals surface area contributed by atoms with Gasteiger partial charge in [-0.1, -0.05) is 6.07 Å². The van der Waals surface area contributed by atoms with Crippen molar-refractivity contribution in [3.63, 3.8) is 0 Å². The Hall–Kier alpha value is -2.91. The van der Waals surface area contributed by atoms with E-state index < -0.39 is 11.6 Å². The summed E-state index contributed by atoms with van der Waals surface area (Å²) in [7, 11) is 0. The number of benzene rings is 1. The molecule has 1 aromatic carbocycles. The Morgan fingerprint density at radius 1 is 1.25 bits per heavy atom. The summed E-state index contributed by atoms with van der Waals surface area (Å²) in [6.07, 6.45) is 4.44. The zero-order valence-corrected chi connectivity index (χ0v) is 18.5. The topological polar surface area (TPSA) is 79.5 Å². The molecule has 0 amide bonds. The maximum absolute atomic E-state index is 14.1. The van der Waals surface area contributed by atoms with Gasteiger partial charge < -0.3 is 15.5 Å². The van der Waals surface area contributed by atoms with Gasteiger partial charge in [0.2, 0.25) is 0 Å². The number of nitrogens with one attached hydrogen (secondary N) is 2. The lowest BCUT2D eigenvalue weighted by Gasteiger charge is -2.21. The van der Waals surface area contributed by atoms with Gasteiger partial charge in [-0.05, 0) is 44.7 Å². The minimum atomic E-state index is -0.539. The minimum Gasteiger partial charge on any atom is -0.365 e. The molecule has 2 aliphatic rings. The maximum atomic E-state index is 14.1. The van der Waals surface area contributed by atoms with Crippen LogP contribution >= 0.6 is 0 Å². The van der Waals surface area contributed by atoms with Crippen molar-refractivity contribution in [2.24, 2.45) is 4.99 Å². The molecule has 3 heterocycles.